The highest BCUT2D eigenvalue weighted by atomic mass is 79.9. The van der Waals surface area contributed by atoms with Crippen LogP contribution in [0.25, 0.3) is 0 Å². The molecule has 19 heavy (non-hydrogen) atoms. The average Bonchev–Trinajstić information content (AvgIpc) is 2.34. The van der Waals surface area contributed by atoms with Crippen molar-refractivity contribution in [3.8, 4) is 0 Å². The highest BCUT2D eigenvalue weighted by Crippen LogP contribution is 2.22. The summed E-state index contributed by atoms with van der Waals surface area (Å²) < 4.78 is 27.2. The molecule has 5 heteroatoms. The smallest absolute Gasteiger partial charge is 0.124 e. The summed E-state index contributed by atoms with van der Waals surface area (Å²) in [7, 11) is 0. The van der Waals surface area contributed by atoms with E-state index in [-0.39, 0.29) is 17.7 Å². The third-order valence-electron chi connectivity index (χ3n) is 2.81. The van der Waals surface area contributed by atoms with Gasteiger partial charge in [0.2, 0.25) is 0 Å². The Morgan fingerprint density at radius 1 is 1.11 bits per heavy atom. The van der Waals surface area contributed by atoms with E-state index in [1.165, 1.54) is 24.3 Å². The molecule has 2 rings (SSSR count). The van der Waals surface area contributed by atoms with Gasteiger partial charge in [0.1, 0.15) is 11.6 Å². The van der Waals surface area contributed by atoms with Crippen molar-refractivity contribution in [2.24, 2.45) is 5.84 Å². The number of hydrogen-bond acceptors (Lipinski definition) is 2. The van der Waals surface area contributed by atoms with Crippen LogP contribution in [0.3, 0.4) is 0 Å². The van der Waals surface area contributed by atoms with E-state index in [2.05, 4.69) is 21.4 Å². The predicted molar refractivity (Wildman–Crippen MR) is 74.3 cm³/mol. The molecule has 0 aromatic heterocycles. The summed E-state index contributed by atoms with van der Waals surface area (Å²) in [6.07, 6.45) is 0.469. The van der Waals surface area contributed by atoms with Crippen molar-refractivity contribution in [1.29, 1.82) is 0 Å². The molecule has 0 saturated heterocycles. The monoisotopic (exact) mass is 326 g/mol. The Bertz CT molecular complexity index is 555. The number of rotatable bonds is 4. The molecule has 1 atom stereocenters. The number of hydrogen-bond donors (Lipinski definition) is 2. The van der Waals surface area contributed by atoms with Gasteiger partial charge in [-0.05, 0) is 47.9 Å². The Morgan fingerprint density at radius 3 is 2.53 bits per heavy atom. The zero-order valence-corrected chi connectivity index (χ0v) is 11.6. The van der Waals surface area contributed by atoms with Crippen LogP contribution in [-0.4, -0.2) is 0 Å². The van der Waals surface area contributed by atoms with Crippen LogP contribution in [0.1, 0.15) is 17.2 Å². The molecule has 0 aliphatic rings. The van der Waals surface area contributed by atoms with Crippen LogP contribution in [-0.2, 0) is 6.42 Å². The first-order chi connectivity index (χ1) is 9.08. The topological polar surface area (TPSA) is 38.0 Å². The third-order valence-corrected chi connectivity index (χ3v) is 3.27. The highest BCUT2D eigenvalue weighted by Gasteiger charge is 2.12. The van der Waals surface area contributed by atoms with E-state index in [1.807, 2.05) is 6.07 Å². The molecule has 0 radical (unpaired) electrons. The summed E-state index contributed by atoms with van der Waals surface area (Å²) in [5.41, 5.74) is 4.13. The van der Waals surface area contributed by atoms with Crippen LogP contribution in [0.15, 0.2) is 46.9 Å². The van der Waals surface area contributed by atoms with E-state index in [0.717, 1.165) is 11.1 Å². The highest BCUT2D eigenvalue weighted by molar-refractivity contribution is 9.10. The van der Waals surface area contributed by atoms with Crippen molar-refractivity contribution in [2.45, 2.75) is 12.5 Å². The zero-order chi connectivity index (χ0) is 13.8. The maximum atomic E-state index is 13.3. The lowest BCUT2D eigenvalue weighted by atomic mass is 9.99. The van der Waals surface area contributed by atoms with Crippen LogP contribution >= 0.6 is 15.9 Å². The third kappa shape index (κ3) is 3.83. The minimum atomic E-state index is -0.321. The van der Waals surface area contributed by atoms with Gasteiger partial charge in [-0.15, -0.1) is 0 Å². The predicted octanol–water partition coefficient (Wildman–Crippen LogP) is 3.47. The van der Waals surface area contributed by atoms with E-state index in [1.54, 1.807) is 12.1 Å². The molecule has 100 valence electrons. The van der Waals surface area contributed by atoms with E-state index in [0.29, 0.717) is 10.9 Å². The summed E-state index contributed by atoms with van der Waals surface area (Å²) in [5.74, 6) is 4.86. The molecule has 0 amide bonds. The lowest BCUT2D eigenvalue weighted by Crippen LogP contribution is -2.29. The van der Waals surface area contributed by atoms with Crippen LogP contribution in [0, 0.1) is 11.6 Å². The van der Waals surface area contributed by atoms with Crippen molar-refractivity contribution in [1.82, 2.24) is 5.43 Å². The number of hydrazine groups is 1. The molecule has 0 fully saturated rings. The lowest BCUT2D eigenvalue weighted by molar-refractivity contribution is 0.541. The maximum Gasteiger partial charge on any atom is 0.124 e. The minimum absolute atomic E-state index is 0.274. The fourth-order valence-electron chi connectivity index (χ4n) is 1.96. The Balaban J connectivity index is 2.23. The van der Waals surface area contributed by atoms with Crippen molar-refractivity contribution in [3.05, 3.63) is 69.7 Å². The SMILES string of the molecule is NNC(Cc1cc(F)cc(Br)c1)c1cccc(F)c1. The first-order valence-corrected chi connectivity index (χ1v) is 6.54. The van der Waals surface area contributed by atoms with Crippen molar-refractivity contribution in [2.75, 3.05) is 0 Å². The molecule has 0 aliphatic heterocycles. The molecule has 0 saturated carbocycles. The lowest BCUT2D eigenvalue weighted by Gasteiger charge is -2.16. The Hall–Kier alpha value is -1.30. The van der Waals surface area contributed by atoms with Gasteiger partial charge < -0.3 is 0 Å². The summed E-state index contributed by atoms with van der Waals surface area (Å²) in [6.45, 7) is 0. The first-order valence-electron chi connectivity index (χ1n) is 5.75. The maximum absolute atomic E-state index is 13.3. The zero-order valence-electron chi connectivity index (χ0n) is 10.0. The van der Waals surface area contributed by atoms with Gasteiger partial charge in [0, 0.05) is 4.47 Å². The Morgan fingerprint density at radius 2 is 1.89 bits per heavy atom. The molecule has 0 spiro atoms. The molecule has 3 N–H and O–H groups in total. The van der Waals surface area contributed by atoms with E-state index < -0.39 is 0 Å². The summed E-state index contributed by atoms with van der Waals surface area (Å²) >= 11 is 3.24. The normalized spacial score (nSPS) is 12.4. The standard InChI is InChI=1S/C14H13BrF2N2/c15-11-4-9(5-13(17)8-11)6-14(19-18)10-2-1-3-12(16)7-10/h1-5,7-8,14,19H,6,18H2. The average molecular weight is 327 g/mol. The largest absolute Gasteiger partial charge is 0.271 e. The van der Waals surface area contributed by atoms with Gasteiger partial charge in [0.25, 0.3) is 0 Å². The van der Waals surface area contributed by atoms with Crippen molar-refractivity contribution in [3.63, 3.8) is 0 Å². The molecule has 0 aliphatic carbocycles. The molecule has 0 heterocycles. The number of benzene rings is 2. The minimum Gasteiger partial charge on any atom is -0.271 e. The number of nitrogens with two attached hydrogens (primary N) is 1. The van der Waals surface area contributed by atoms with Crippen molar-refractivity contribution < 1.29 is 8.78 Å². The van der Waals surface area contributed by atoms with Crippen LogP contribution in [0.2, 0.25) is 0 Å². The Kier molecular flexibility index (Phi) is 4.63. The van der Waals surface area contributed by atoms with Gasteiger partial charge in [-0.3, -0.25) is 11.3 Å². The van der Waals surface area contributed by atoms with Crippen LogP contribution in [0.5, 0.6) is 0 Å². The van der Waals surface area contributed by atoms with Gasteiger partial charge >= 0.3 is 0 Å². The fourth-order valence-corrected chi connectivity index (χ4v) is 2.47. The molecule has 2 aromatic rings. The Labute approximate surface area is 118 Å². The summed E-state index contributed by atoms with van der Waals surface area (Å²) in [4.78, 5) is 0. The summed E-state index contributed by atoms with van der Waals surface area (Å²) in [5, 5.41) is 0. The number of nitrogens with one attached hydrogen (secondary N) is 1. The fraction of sp³-hybridized carbons (Fsp3) is 0.143. The molecule has 2 nitrogen and oxygen atoms in total. The quantitative estimate of drug-likeness (QED) is 0.667. The second-order valence-electron chi connectivity index (χ2n) is 4.26. The second kappa shape index (κ2) is 6.23. The van der Waals surface area contributed by atoms with Gasteiger partial charge in [0.05, 0.1) is 6.04 Å². The molecule has 0 bridgehead atoms. The van der Waals surface area contributed by atoms with Crippen LogP contribution < -0.4 is 11.3 Å². The second-order valence-corrected chi connectivity index (χ2v) is 5.17. The van der Waals surface area contributed by atoms with E-state index >= 15 is 0 Å². The van der Waals surface area contributed by atoms with Gasteiger partial charge in [-0.2, -0.15) is 0 Å². The van der Waals surface area contributed by atoms with Crippen molar-refractivity contribution >= 4 is 15.9 Å². The molecule has 2 aromatic carbocycles. The van der Waals surface area contributed by atoms with Gasteiger partial charge in [-0.25, -0.2) is 8.78 Å². The summed E-state index contributed by atoms with van der Waals surface area (Å²) in [6, 6.07) is 10.6. The molecular formula is C14H13BrF2N2. The van der Waals surface area contributed by atoms with Gasteiger partial charge in [-0.1, -0.05) is 28.1 Å². The first kappa shape index (κ1) is 14.1. The van der Waals surface area contributed by atoms with E-state index in [4.69, 9.17) is 5.84 Å². The van der Waals surface area contributed by atoms with Crippen LogP contribution in [0.4, 0.5) is 8.78 Å². The van der Waals surface area contributed by atoms with Gasteiger partial charge in [0.15, 0.2) is 0 Å². The number of halogens is 3. The molecule has 1 unspecified atom stereocenters. The van der Waals surface area contributed by atoms with E-state index in [9.17, 15) is 8.78 Å². The molecular weight excluding hydrogens is 314 g/mol.